The first-order valence-electron chi connectivity index (χ1n) is 6.07. The molecule has 1 heterocycles. The molecule has 100 valence electrons. The van der Waals surface area contributed by atoms with Crippen molar-refractivity contribution in [2.24, 2.45) is 0 Å². The topological polar surface area (TPSA) is 80.5 Å². The Morgan fingerprint density at radius 1 is 1.53 bits per heavy atom. The molecular formula is C13H14N2O4. The number of ketones is 1. The third-order valence-corrected chi connectivity index (χ3v) is 3.35. The van der Waals surface area contributed by atoms with E-state index < -0.39 is 11.0 Å². The Bertz CT molecular complexity index is 568. The van der Waals surface area contributed by atoms with Crippen LogP contribution in [-0.2, 0) is 16.0 Å². The van der Waals surface area contributed by atoms with E-state index in [1.54, 1.807) is 13.8 Å². The van der Waals surface area contributed by atoms with Gasteiger partial charge in [0.2, 0.25) is 5.91 Å². The number of nitrogens with zero attached hydrogens (tertiary/aromatic N) is 2. The summed E-state index contributed by atoms with van der Waals surface area (Å²) < 4.78 is 0. The molecule has 0 N–H and O–H groups in total. The van der Waals surface area contributed by atoms with Crippen LogP contribution in [0.3, 0.4) is 0 Å². The molecular weight excluding hydrogens is 248 g/mol. The van der Waals surface area contributed by atoms with Gasteiger partial charge in [-0.3, -0.25) is 19.7 Å². The smallest absolute Gasteiger partial charge is 0.269 e. The van der Waals surface area contributed by atoms with Crippen LogP contribution < -0.4 is 4.90 Å². The minimum atomic E-state index is -0.528. The lowest BCUT2D eigenvalue weighted by Crippen LogP contribution is -2.41. The van der Waals surface area contributed by atoms with E-state index >= 15 is 0 Å². The summed E-state index contributed by atoms with van der Waals surface area (Å²) in [4.78, 5) is 35.4. The fraction of sp³-hybridized carbons (Fsp3) is 0.385. The second kappa shape index (κ2) is 4.79. The summed E-state index contributed by atoms with van der Waals surface area (Å²) in [7, 11) is 0. The molecule has 6 heteroatoms. The molecule has 0 radical (unpaired) electrons. The van der Waals surface area contributed by atoms with Crippen molar-refractivity contribution in [2.45, 2.75) is 32.7 Å². The van der Waals surface area contributed by atoms with Crippen molar-refractivity contribution in [3.05, 3.63) is 33.9 Å². The standard InChI is InChI=1S/C13H14N2O4/c1-3-12(16)8(2)14-11-5-4-10(15(18)19)6-9(11)7-13(14)17/h4-6,8H,3,7H2,1-2H3. The van der Waals surface area contributed by atoms with Crippen LogP contribution in [0.1, 0.15) is 25.8 Å². The molecule has 6 nitrogen and oxygen atoms in total. The Balaban J connectivity index is 2.40. The molecule has 1 aromatic rings. The van der Waals surface area contributed by atoms with Crippen LogP contribution in [0.25, 0.3) is 0 Å². The normalized spacial score (nSPS) is 15.3. The highest BCUT2D eigenvalue weighted by molar-refractivity contribution is 6.06. The van der Waals surface area contributed by atoms with Crippen LogP contribution in [0.4, 0.5) is 11.4 Å². The lowest BCUT2D eigenvalue weighted by atomic mass is 10.1. The highest BCUT2D eigenvalue weighted by Crippen LogP contribution is 2.33. The van der Waals surface area contributed by atoms with Gasteiger partial charge in [0.05, 0.1) is 17.4 Å². The number of carbonyl (C=O) groups is 2. The Hall–Kier alpha value is -2.24. The van der Waals surface area contributed by atoms with Crippen molar-refractivity contribution < 1.29 is 14.5 Å². The second-order valence-corrected chi connectivity index (χ2v) is 4.51. The number of hydrogen-bond donors (Lipinski definition) is 0. The van der Waals surface area contributed by atoms with Gasteiger partial charge in [-0.25, -0.2) is 0 Å². The third-order valence-electron chi connectivity index (χ3n) is 3.35. The van der Waals surface area contributed by atoms with Crippen molar-refractivity contribution in [3.63, 3.8) is 0 Å². The number of Topliss-reactive ketones (excluding diaryl/α,β-unsaturated/α-hetero) is 1. The summed E-state index contributed by atoms with van der Waals surface area (Å²) in [5.41, 5.74) is 1.17. The number of benzene rings is 1. The molecule has 1 atom stereocenters. The first kappa shape index (κ1) is 13.2. The zero-order chi connectivity index (χ0) is 14.2. The van der Waals surface area contributed by atoms with Gasteiger partial charge in [0, 0.05) is 24.2 Å². The van der Waals surface area contributed by atoms with Gasteiger partial charge in [-0.1, -0.05) is 6.92 Å². The van der Waals surface area contributed by atoms with Crippen molar-refractivity contribution in [2.75, 3.05) is 4.90 Å². The maximum atomic E-state index is 12.0. The zero-order valence-electron chi connectivity index (χ0n) is 10.8. The molecule has 1 aliphatic rings. The molecule has 19 heavy (non-hydrogen) atoms. The van der Waals surface area contributed by atoms with E-state index in [1.807, 2.05) is 0 Å². The van der Waals surface area contributed by atoms with Crippen LogP contribution in [-0.4, -0.2) is 22.7 Å². The van der Waals surface area contributed by atoms with Crippen molar-refractivity contribution in [1.82, 2.24) is 0 Å². The number of fused-ring (bicyclic) bond motifs is 1. The van der Waals surface area contributed by atoms with Crippen LogP contribution in [0.2, 0.25) is 0 Å². The highest BCUT2D eigenvalue weighted by atomic mass is 16.6. The van der Waals surface area contributed by atoms with Crippen LogP contribution >= 0.6 is 0 Å². The van der Waals surface area contributed by atoms with E-state index in [2.05, 4.69) is 0 Å². The minimum absolute atomic E-state index is 0.0282. The summed E-state index contributed by atoms with van der Waals surface area (Å²) in [6.45, 7) is 3.43. The number of non-ortho nitro benzene ring substituents is 1. The minimum Gasteiger partial charge on any atom is -0.302 e. The maximum Gasteiger partial charge on any atom is 0.269 e. The van der Waals surface area contributed by atoms with Crippen molar-refractivity contribution in [1.29, 1.82) is 0 Å². The Morgan fingerprint density at radius 2 is 2.21 bits per heavy atom. The Labute approximate surface area is 110 Å². The lowest BCUT2D eigenvalue weighted by Gasteiger charge is -2.23. The summed E-state index contributed by atoms with van der Waals surface area (Å²) in [5, 5.41) is 10.7. The van der Waals surface area contributed by atoms with Gasteiger partial charge in [0.1, 0.15) is 0 Å². The average molecular weight is 262 g/mol. The quantitative estimate of drug-likeness (QED) is 0.612. The first-order valence-corrected chi connectivity index (χ1v) is 6.07. The lowest BCUT2D eigenvalue weighted by molar-refractivity contribution is -0.384. The van der Waals surface area contributed by atoms with Crippen LogP contribution in [0.5, 0.6) is 0 Å². The second-order valence-electron chi connectivity index (χ2n) is 4.51. The molecule has 0 fully saturated rings. The largest absolute Gasteiger partial charge is 0.302 e. The Kier molecular flexibility index (Phi) is 3.33. The summed E-state index contributed by atoms with van der Waals surface area (Å²) >= 11 is 0. The average Bonchev–Trinajstić information content (AvgIpc) is 2.71. The third kappa shape index (κ3) is 2.21. The molecule has 0 saturated carbocycles. The van der Waals surface area contributed by atoms with E-state index in [1.165, 1.54) is 23.1 Å². The molecule has 1 aromatic carbocycles. The van der Waals surface area contributed by atoms with Gasteiger partial charge in [0.15, 0.2) is 5.78 Å². The van der Waals surface area contributed by atoms with Crippen molar-refractivity contribution in [3.8, 4) is 0 Å². The molecule has 1 aliphatic heterocycles. The fourth-order valence-electron chi connectivity index (χ4n) is 2.31. The number of amides is 1. The highest BCUT2D eigenvalue weighted by Gasteiger charge is 2.34. The molecule has 0 saturated heterocycles. The Morgan fingerprint density at radius 3 is 2.79 bits per heavy atom. The number of nitro groups is 1. The molecule has 0 aliphatic carbocycles. The maximum absolute atomic E-state index is 12.0. The summed E-state index contributed by atoms with van der Waals surface area (Å²) in [6.07, 6.45) is 0.464. The molecule has 0 bridgehead atoms. The van der Waals surface area contributed by atoms with Crippen molar-refractivity contribution >= 4 is 23.1 Å². The number of nitro benzene ring substituents is 1. The van der Waals surface area contributed by atoms with Gasteiger partial charge in [-0.2, -0.15) is 0 Å². The van der Waals surface area contributed by atoms with E-state index in [4.69, 9.17) is 0 Å². The van der Waals surface area contributed by atoms with Gasteiger partial charge < -0.3 is 4.90 Å². The van der Waals surface area contributed by atoms with Crippen LogP contribution in [0, 0.1) is 10.1 Å². The monoisotopic (exact) mass is 262 g/mol. The van der Waals surface area contributed by atoms with E-state index in [9.17, 15) is 19.7 Å². The summed E-state index contributed by atoms with van der Waals surface area (Å²) in [6, 6.07) is 3.77. The van der Waals surface area contributed by atoms with Gasteiger partial charge in [0.25, 0.3) is 5.69 Å². The predicted octanol–water partition coefficient (Wildman–Crippen LogP) is 1.85. The number of anilines is 1. The molecule has 0 aromatic heterocycles. The summed E-state index contributed by atoms with van der Waals surface area (Å²) in [5.74, 6) is -0.218. The number of carbonyl (C=O) groups excluding carboxylic acids is 2. The number of hydrogen-bond acceptors (Lipinski definition) is 4. The fourth-order valence-corrected chi connectivity index (χ4v) is 2.31. The van der Waals surface area contributed by atoms with Crippen LogP contribution in [0.15, 0.2) is 18.2 Å². The first-order chi connectivity index (χ1) is 8.95. The molecule has 1 unspecified atom stereocenters. The predicted molar refractivity (Wildman–Crippen MR) is 69.0 cm³/mol. The van der Waals surface area contributed by atoms with E-state index in [-0.39, 0.29) is 23.8 Å². The van der Waals surface area contributed by atoms with E-state index in [0.717, 1.165) is 0 Å². The zero-order valence-corrected chi connectivity index (χ0v) is 10.8. The molecule has 0 spiro atoms. The van der Waals surface area contributed by atoms with Gasteiger partial charge in [-0.15, -0.1) is 0 Å². The molecule has 1 amide bonds. The number of rotatable bonds is 4. The van der Waals surface area contributed by atoms with E-state index in [0.29, 0.717) is 17.7 Å². The van der Waals surface area contributed by atoms with Gasteiger partial charge in [-0.05, 0) is 18.6 Å². The SMILES string of the molecule is CCC(=O)C(C)N1C(=O)Cc2cc([N+](=O)[O-])ccc21. The van der Waals surface area contributed by atoms with Gasteiger partial charge >= 0.3 is 0 Å². The molecule has 2 rings (SSSR count).